The van der Waals surface area contributed by atoms with Crippen LogP contribution in [0.25, 0.3) is 22.3 Å². The molecule has 0 saturated heterocycles. The number of fused-ring (bicyclic) bond motifs is 10. The number of hydrogen-bond acceptors (Lipinski definition) is 2. The predicted molar refractivity (Wildman–Crippen MR) is 267 cm³/mol. The zero-order valence-corrected chi connectivity index (χ0v) is 36.9. The molecule has 5 aromatic rings. The molecule has 0 aliphatic heterocycles. The standard InChI is InChI=1S/C62H56N2/c1-43-19-11-16-33-59(43)64(50-27-17-24-47(41-50)45-22-7-3-8-23-45)60-34-18-32-57-61(60)54-29-13-15-31-56(54)62(57)55-30-14-12-28-52(55)53-40-39-51(42-58(53)62)63(48-25-9-4-10-26-48)49-37-35-46(36-38-49)44-20-5-2-6-21-44/h2-9,12-18,20-25,27-35,37,39-40,42-43,50,57,59,61H,10-11,19,26,36,38,41H2,1H3. The van der Waals surface area contributed by atoms with Gasteiger partial charge in [-0.25, -0.2) is 0 Å². The van der Waals surface area contributed by atoms with Crippen LogP contribution < -0.4 is 4.90 Å². The highest BCUT2D eigenvalue weighted by molar-refractivity contribution is 5.88. The van der Waals surface area contributed by atoms with E-state index in [4.69, 9.17) is 0 Å². The van der Waals surface area contributed by atoms with E-state index in [-0.39, 0.29) is 23.3 Å². The van der Waals surface area contributed by atoms with Gasteiger partial charge in [0.2, 0.25) is 0 Å². The minimum Gasteiger partial charge on any atom is -0.361 e. The Kier molecular flexibility index (Phi) is 9.85. The third kappa shape index (κ3) is 6.28. The molecular formula is C62H56N2. The lowest BCUT2D eigenvalue weighted by Gasteiger charge is -2.48. The molecule has 0 radical (unpaired) electrons. The normalized spacial score (nSPS) is 25.9. The maximum atomic E-state index is 2.87. The van der Waals surface area contributed by atoms with Gasteiger partial charge in [0.25, 0.3) is 0 Å². The fraction of sp³-hybridized carbons (Fsp3) is 0.226. The van der Waals surface area contributed by atoms with Crippen molar-refractivity contribution in [3.63, 3.8) is 0 Å². The van der Waals surface area contributed by atoms with Crippen molar-refractivity contribution < 1.29 is 0 Å². The fourth-order valence-electron chi connectivity index (χ4n) is 12.7. The maximum absolute atomic E-state index is 2.87. The van der Waals surface area contributed by atoms with E-state index in [1.165, 1.54) is 84.9 Å². The molecule has 0 amide bonds. The minimum atomic E-state index is -0.357. The summed E-state index contributed by atoms with van der Waals surface area (Å²) < 4.78 is 0. The van der Waals surface area contributed by atoms with Crippen molar-refractivity contribution in [1.82, 2.24) is 4.90 Å². The quantitative estimate of drug-likeness (QED) is 0.144. The van der Waals surface area contributed by atoms with Crippen LogP contribution in [0.4, 0.5) is 5.69 Å². The first-order valence-corrected chi connectivity index (χ1v) is 23.9. The predicted octanol–water partition coefficient (Wildman–Crippen LogP) is 15.0. The first-order valence-electron chi connectivity index (χ1n) is 23.9. The highest BCUT2D eigenvalue weighted by atomic mass is 15.2. The van der Waals surface area contributed by atoms with Gasteiger partial charge in [0.1, 0.15) is 0 Å². The Labute approximate surface area is 380 Å². The van der Waals surface area contributed by atoms with Crippen molar-refractivity contribution in [2.75, 3.05) is 4.90 Å². The second-order valence-electron chi connectivity index (χ2n) is 18.9. The van der Waals surface area contributed by atoms with Gasteiger partial charge < -0.3 is 9.80 Å². The molecule has 5 aromatic carbocycles. The SMILES string of the molecule is CC1CCC=CC1N(C1=CC=CC2C1c1ccccc1C21c2ccccc2-c2ccc(N(C3=CC=CCC3)C3=CC=C(c4ccccc4)CC3)cc21)C1C=CC=C(c2ccccc2)C1. The van der Waals surface area contributed by atoms with E-state index in [0.29, 0.717) is 12.0 Å². The number of benzene rings is 5. The summed E-state index contributed by atoms with van der Waals surface area (Å²) in [4.78, 5) is 5.49. The Morgan fingerprint density at radius 1 is 0.547 bits per heavy atom. The molecule has 1 spiro atoms. The van der Waals surface area contributed by atoms with Gasteiger partial charge in [-0.05, 0) is 137 Å². The molecule has 0 aromatic heterocycles. The lowest BCUT2D eigenvalue weighted by Crippen LogP contribution is -2.48. The largest absolute Gasteiger partial charge is 0.361 e. The maximum Gasteiger partial charge on any atom is 0.0539 e. The lowest BCUT2D eigenvalue weighted by molar-refractivity contribution is 0.169. The Balaban J connectivity index is 1.01. The highest BCUT2D eigenvalue weighted by Crippen LogP contribution is 2.67. The van der Waals surface area contributed by atoms with Gasteiger partial charge >= 0.3 is 0 Å². The average molecular weight is 829 g/mol. The Morgan fingerprint density at radius 2 is 1.28 bits per heavy atom. The van der Waals surface area contributed by atoms with Crippen LogP contribution in [0.5, 0.6) is 0 Å². The summed E-state index contributed by atoms with van der Waals surface area (Å²) in [5, 5.41) is 0. The molecule has 2 nitrogen and oxygen atoms in total. The van der Waals surface area contributed by atoms with Gasteiger partial charge in [0.05, 0.1) is 17.5 Å². The van der Waals surface area contributed by atoms with Crippen LogP contribution in [0.2, 0.25) is 0 Å². The molecule has 0 saturated carbocycles. The van der Waals surface area contributed by atoms with Gasteiger partial charge in [-0.3, -0.25) is 0 Å². The summed E-state index contributed by atoms with van der Waals surface area (Å²) in [6, 6.07) is 48.9. The first kappa shape index (κ1) is 39.0. The lowest BCUT2D eigenvalue weighted by atomic mass is 9.64. The summed E-state index contributed by atoms with van der Waals surface area (Å²) in [6.07, 6.45) is 38.8. The minimum absolute atomic E-state index is 0.191. The second kappa shape index (κ2) is 16.2. The van der Waals surface area contributed by atoms with Crippen molar-refractivity contribution in [1.29, 1.82) is 0 Å². The van der Waals surface area contributed by atoms with E-state index in [0.717, 1.165) is 38.5 Å². The summed E-state index contributed by atoms with van der Waals surface area (Å²) in [7, 11) is 0. The topological polar surface area (TPSA) is 6.48 Å². The van der Waals surface area contributed by atoms with E-state index in [1.807, 2.05) is 0 Å². The number of nitrogens with zero attached hydrogens (tertiary/aromatic N) is 2. The third-order valence-corrected chi connectivity index (χ3v) is 15.5. The highest BCUT2D eigenvalue weighted by Gasteiger charge is 2.59. The van der Waals surface area contributed by atoms with Crippen molar-refractivity contribution in [3.05, 3.63) is 257 Å². The molecule has 314 valence electrons. The van der Waals surface area contributed by atoms with Crippen LogP contribution in [0.3, 0.4) is 0 Å². The molecule has 0 N–H and O–H groups in total. The van der Waals surface area contributed by atoms with Crippen LogP contribution >= 0.6 is 0 Å². The average Bonchev–Trinajstić information content (AvgIpc) is 3.83. The third-order valence-electron chi connectivity index (χ3n) is 15.5. The van der Waals surface area contributed by atoms with E-state index >= 15 is 0 Å². The molecule has 12 rings (SSSR count). The van der Waals surface area contributed by atoms with E-state index in [2.05, 4.69) is 223 Å². The molecular weight excluding hydrogens is 773 g/mol. The first-order chi connectivity index (χ1) is 31.7. The van der Waals surface area contributed by atoms with Crippen LogP contribution in [0, 0.1) is 11.8 Å². The van der Waals surface area contributed by atoms with Crippen LogP contribution in [0.15, 0.2) is 223 Å². The van der Waals surface area contributed by atoms with Gasteiger partial charge in [-0.2, -0.15) is 0 Å². The zero-order chi connectivity index (χ0) is 42.6. The molecule has 6 atom stereocenters. The van der Waals surface area contributed by atoms with Gasteiger partial charge in [0.15, 0.2) is 0 Å². The molecule has 7 aliphatic carbocycles. The van der Waals surface area contributed by atoms with E-state index in [1.54, 1.807) is 0 Å². The summed E-state index contributed by atoms with van der Waals surface area (Å²) in [5.74, 6) is 0.925. The Hall–Kier alpha value is -6.64. The molecule has 0 bridgehead atoms. The van der Waals surface area contributed by atoms with Crippen LogP contribution in [0.1, 0.15) is 91.2 Å². The van der Waals surface area contributed by atoms with Gasteiger partial charge in [-0.15, -0.1) is 0 Å². The van der Waals surface area contributed by atoms with Crippen LogP contribution in [-0.4, -0.2) is 17.0 Å². The number of allylic oxidation sites excluding steroid dienone is 15. The Bertz CT molecular complexity index is 2910. The monoisotopic (exact) mass is 828 g/mol. The summed E-state index contributed by atoms with van der Waals surface area (Å²) in [6.45, 7) is 2.48. The van der Waals surface area contributed by atoms with E-state index < -0.39 is 0 Å². The fourth-order valence-corrected chi connectivity index (χ4v) is 12.7. The summed E-state index contributed by atoms with van der Waals surface area (Å²) in [5.41, 5.74) is 19.1. The molecule has 6 unspecified atom stereocenters. The molecule has 7 aliphatic rings. The van der Waals surface area contributed by atoms with Crippen molar-refractivity contribution >= 4 is 16.8 Å². The van der Waals surface area contributed by atoms with Crippen molar-refractivity contribution in [2.24, 2.45) is 11.8 Å². The van der Waals surface area contributed by atoms with E-state index in [9.17, 15) is 0 Å². The zero-order valence-electron chi connectivity index (χ0n) is 36.9. The van der Waals surface area contributed by atoms with Gasteiger partial charge in [0, 0.05) is 34.6 Å². The Morgan fingerprint density at radius 3 is 2.06 bits per heavy atom. The second-order valence-corrected chi connectivity index (χ2v) is 18.9. The van der Waals surface area contributed by atoms with Crippen molar-refractivity contribution in [3.8, 4) is 11.1 Å². The summed E-state index contributed by atoms with van der Waals surface area (Å²) >= 11 is 0. The number of anilines is 1. The number of hydrogen-bond donors (Lipinski definition) is 0. The molecule has 0 heterocycles. The van der Waals surface area contributed by atoms with Crippen molar-refractivity contribution in [2.45, 2.75) is 75.3 Å². The number of rotatable bonds is 8. The van der Waals surface area contributed by atoms with Crippen LogP contribution in [-0.2, 0) is 5.41 Å². The molecule has 64 heavy (non-hydrogen) atoms. The molecule has 2 heteroatoms. The smallest absolute Gasteiger partial charge is 0.0539 e. The van der Waals surface area contributed by atoms with Gasteiger partial charge in [-0.1, -0.05) is 183 Å². The molecule has 0 fully saturated rings.